The first-order valence-electron chi connectivity index (χ1n) is 7.01. The lowest BCUT2D eigenvalue weighted by Crippen LogP contribution is -2.26. The fraction of sp³-hybridized carbons (Fsp3) is 0.467. The molecule has 0 radical (unpaired) electrons. The Morgan fingerprint density at radius 1 is 1.21 bits per heavy atom. The molecule has 1 aliphatic rings. The van der Waals surface area contributed by atoms with E-state index in [1.165, 1.54) is 25.7 Å². The summed E-state index contributed by atoms with van der Waals surface area (Å²) in [5, 5.41) is 8.07. The zero-order valence-electron chi connectivity index (χ0n) is 11.3. The summed E-state index contributed by atoms with van der Waals surface area (Å²) in [5.41, 5.74) is 1.07. The van der Waals surface area contributed by atoms with Crippen LogP contribution in [0, 0.1) is 0 Å². The first-order valence-corrected chi connectivity index (χ1v) is 7.01. The molecule has 1 aliphatic carbocycles. The van der Waals surface area contributed by atoms with Gasteiger partial charge in [0, 0.05) is 18.7 Å². The van der Waals surface area contributed by atoms with Gasteiger partial charge in [-0.3, -0.25) is 4.68 Å². The first-order chi connectivity index (χ1) is 9.33. The van der Waals surface area contributed by atoms with E-state index >= 15 is 0 Å². The lowest BCUT2D eigenvalue weighted by Gasteiger charge is -2.10. The molecule has 4 heteroatoms. The maximum Gasteiger partial charge on any atom is 0.181 e. The average molecular weight is 256 g/mol. The Bertz CT molecular complexity index is 526. The predicted octanol–water partition coefficient (Wildman–Crippen LogP) is 2.51. The van der Waals surface area contributed by atoms with Gasteiger partial charge in [0.05, 0.1) is 6.54 Å². The second kappa shape index (κ2) is 5.53. The van der Waals surface area contributed by atoms with E-state index in [1.54, 1.807) is 0 Å². The van der Waals surface area contributed by atoms with Gasteiger partial charge < -0.3 is 5.32 Å². The predicted molar refractivity (Wildman–Crippen MR) is 75.5 cm³/mol. The monoisotopic (exact) mass is 256 g/mol. The van der Waals surface area contributed by atoms with Crippen molar-refractivity contribution < 1.29 is 0 Å². The molecule has 0 aliphatic heterocycles. The molecule has 1 fully saturated rings. The van der Waals surface area contributed by atoms with Crippen LogP contribution in [0.25, 0.3) is 11.4 Å². The number of hydrogen-bond donors (Lipinski definition) is 1. The Balaban J connectivity index is 1.70. The van der Waals surface area contributed by atoms with Gasteiger partial charge in [-0.15, -0.1) is 0 Å². The van der Waals surface area contributed by atoms with Crippen molar-refractivity contribution in [2.75, 3.05) is 0 Å². The third kappa shape index (κ3) is 2.84. The molecule has 1 heterocycles. The van der Waals surface area contributed by atoms with Gasteiger partial charge in [-0.2, -0.15) is 5.10 Å². The van der Waals surface area contributed by atoms with E-state index in [-0.39, 0.29) is 0 Å². The van der Waals surface area contributed by atoms with Gasteiger partial charge in [0.2, 0.25) is 0 Å². The van der Waals surface area contributed by atoms with Crippen LogP contribution in [0.4, 0.5) is 0 Å². The van der Waals surface area contributed by atoms with E-state index < -0.39 is 0 Å². The number of rotatable bonds is 4. The molecule has 1 aromatic carbocycles. The summed E-state index contributed by atoms with van der Waals surface area (Å²) in [7, 11) is 1.96. The van der Waals surface area contributed by atoms with Crippen LogP contribution in [-0.4, -0.2) is 20.8 Å². The normalized spacial score (nSPS) is 16.1. The van der Waals surface area contributed by atoms with E-state index in [2.05, 4.69) is 15.4 Å². The fourth-order valence-electron chi connectivity index (χ4n) is 2.65. The van der Waals surface area contributed by atoms with Crippen LogP contribution in [0.15, 0.2) is 30.3 Å². The van der Waals surface area contributed by atoms with Crippen LogP contribution in [0.5, 0.6) is 0 Å². The second-order valence-corrected chi connectivity index (χ2v) is 5.20. The van der Waals surface area contributed by atoms with Crippen molar-refractivity contribution in [3.63, 3.8) is 0 Å². The Hall–Kier alpha value is -1.68. The molecule has 19 heavy (non-hydrogen) atoms. The van der Waals surface area contributed by atoms with E-state index in [0.29, 0.717) is 6.04 Å². The molecule has 1 saturated carbocycles. The number of aryl methyl sites for hydroxylation is 1. The minimum atomic E-state index is 0.664. The van der Waals surface area contributed by atoms with Crippen molar-refractivity contribution in [2.24, 2.45) is 7.05 Å². The maximum absolute atomic E-state index is 4.63. The van der Waals surface area contributed by atoms with Crippen molar-refractivity contribution in [3.05, 3.63) is 36.2 Å². The Labute approximate surface area is 113 Å². The summed E-state index contributed by atoms with van der Waals surface area (Å²) in [6.45, 7) is 0.807. The largest absolute Gasteiger partial charge is 0.307 e. The smallest absolute Gasteiger partial charge is 0.181 e. The number of benzene rings is 1. The molecule has 1 aromatic heterocycles. The SMILES string of the molecule is Cn1nc(-c2ccccc2)nc1CNC1CCCC1. The maximum atomic E-state index is 4.63. The van der Waals surface area contributed by atoms with E-state index in [4.69, 9.17) is 0 Å². The summed E-state index contributed by atoms with van der Waals surface area (Å²) < 4.78 is 1.88. The van der Waals surface area contributed by atoms with E-state index in [1.807, 2.05) is 42.1 Å². The van der Waals surface area contributed by atoms with Crippen molar-refractivity contribution >= 4 is 0 Å². The molecule has 2 aromatic rings. The van der Waals surface area contributed by atoms with Crippen LogP contribution in [-0.2, 0) is 13.6 Å². The molecule has 0 bridgehead atoms. The highest BCUT2D eigenvalue weighted by Crippen LogP contribution is 2.18. The minimum Gasteiger partial charge on any atom is -0.307 e. The first kappa shape index (κ1) is 12.4. The summed E-state index contributed by atoms with van der Waals surface area (Å²) in [4.78, 5) is 4.63. The van der Waals surface area contributed by atoms with Gasteiger partial charge in [0.25, 0.3) is 0 Å². The Morgan fingerprint density at radius 2 is 1.95 bits per heavy atom. The highest BCUT2D eigenvalue weighted by Gasteiger charge is 2.15. The topological polar surface area (TPSA) is 42.7 Å². The lowest BCUT2D eigenvalue weighted by molar-refractivity contribution is 0.502. The highest BCUT2D eigenvalue weighted by molar-refractivity contribution is 5.53. The van der Waals surface area contributed by atoms with Crippen molar-refractivity contribution in [1.29, 1.82) is 0 Å². The van der Waals surface area contributed by atoms with Crippen molar-refractivity contribution in [2.45, 2.75) is 38.3 Å². The zero-order valence-corrected chi connectivity index (χ0v) is 11.3. The van der Waals surface area contributed by atoms with Crippen LogP contribution in [0.2, 0.25) is 0 Å². The molecular weight excluding hydrogens is 236 g/mol. The summed E-state index contributed by atoms with van der Waals surface area (Å²) >= 11 is 0. The van der Waals surface area contributed by atoms with Gasteiger partial charge in [-0.05, 0) is 12.8 Å². The molecule has 0 atom stereocenters. The third-order valence-corrected chi connectivity index (χ3v) is 3.79. The van der Waals surface area contributed by atoms with E-state index in [0.717, 1.165) is 23.8 Å². The summed E-state index contributed by atoms with van der Waals surface area (Å²) in [5.74, 6) is 1.82. The average Bonchev–Trinajstić information content (AvgIpc) is 3.07. The molecule has 0 spiro atoms. The highest BCUT2D eigenvalue weighted by atomic mass is 15.3. The number of nitrogens with one attached hydrogen (secondary N) is 1. The summed E-state index contributed by atoms with van der Waals surface area (Å²) in [6, 6.07) is 10.8. The second-order valence-electron chi connectivity index (χ2n) is 5.20. The van der Waals surface area contributed by atoms with Gasteiger partial charge in [-0.25, -0.2) is 4.98 Å². The zero-order chi connectivity index (χ0) is 13.1. The molecule has 0 saturated heterocycles. The molecule has 1 N–H and O–H groups in total. The van der Waals surface area contributed by atoms with Gasteiger partial charge in [-0.1, -0.05) is 43.2 Å². The van der Waals surface area contributed by atoms with Crippen LogP contribution in [0.3, 0.4) is 0 Å². The molecule has 0 unspecified atom stereocenters. The Morgan fingerprint density at radius 3 is 2.68 bits per heavy atom. The van der Waals surface area contributed by atoms with E-state index in [9.17, 15) is 0 Å². The van der Waals surface area contributed by atoms with Gasteiger partial charge in [0.15, 0.2) is 5.82 Å². The number of hydrogen-bond acceptors (Lipinski definition) is 3. The van der Waals surface area contributed by atoms with Crippen molar-refractivity contribution in [3.8, 4) is 11.4 Å². The molecular formula is C15H20N4. The fourth-order valence-corrected chi connectivity index (χ4v) is 2.65. The van der Waals surface area contributed by atoms with Crippen LogP contribution < -0.4 is 5.32 Å². The van der Waals surface area contributed by atoms with Crippen LogP contribution >= 0.6 is 0 Å². The molecule has 0 amide bonds. The molecule has 100 valence electrons. The molecule has 4 nitrogen and oxygen atoms in total. The minimum absolute atomic E-state index is 0.664. The van der Waals surface area contributed by atoms with Gasteiger partial charge in [0.1, 0.15) is 5.82 Å². The Kier molecular flexibility index (Phi) is 3.60. The number of nitrogens with zero attached hydrogens (tertiary/aromatic N) is 3. The van der Waals surface area contributed by atoms with Gasteiger partial charge >= 0.3 is 0 Å². The molecule has 3 rings (SSSR count). The standard InChI is InChI=1S/C15H20N4/c1-19-14(11-16-13-9-5-6-10-13)17-15(18-19)12-7-3-2-4-8-12/h2-4,7-8,13,16H,5-6,9-11H2,1H3. The third-order valence-electron chi connectivity index (χ3n) is 3.79. The summed E-state index contributed by atoms with van der Waals surface area (Å²) in [6.07, 6.45) is 5.30. The lowest BCUT2D eigenvalue weighted by atomic mass is 10.2. The van der Waals surface area contributed by atoms with Crippen LogP contribution in [0.1, 0.15) is 31.5 Å². The van der Waals surface area contributed by atoms with Crippen molar-refractivity contribution in [1.82, 2.24) is 20.1 Å². The number of aromatic nitrogens is 3. The quantitative estimate of drug-likeness (QED) is 0.914.